The molecule has 3 aromatic rings. The molecule has 0 bridgehead atoms. The first-order valence-electron chi connectivity index (χ1n) is 9.73. The van der Waals surface area contributed by atoms with Gasteiger partial charge in [-0.2, -0.15) is 0 Å². The lowest BCUT2D eigenvalue weighted by Crippen LogP contribution is -2.36. The molecule has 2 heterocycles. The molecule has 0 saturated carbocycles. The summed E-state index contributed by atoms with van der Waals surface area (Å²) in [6.45, 7) is 2.99. The smallest absolute Gasteiger partial charge is 0.166 e. The van der Waals surface area contributed by atoms with E-state index in [2.05, 4.69) is 4.90 Å². The summed E-state index contributed by atoms with van der Waals surface area (Å²) in [7, 11) is 0. The lowest BCUT2D eigenvalue weighted by Gasteiger charge is -2.31. The van der Waals surface area contributed by atoms with Crippen LogP contribution in [0.25, 0.3) is 11.0 Å². The number of likely N-dealkylation sites (tertiary alicyclic amines) is 1. The fourth-order valence-electron chi connectivity index (χ4n) is 4.01. The molecule has 2 aromatic carbocycles. The van der Waals surface area contributed by atoms with Gasteiger partial charge in [-0.25, -0.2) is 4.98 Å². The molecule has 0 spiro atoms. The Hall–Kier alpha value is -2.21. The van der Waals surface area contributed by atoms with Crippen molar-refractivity contribution in [3.63, 3.8) is 0 Å². The largest absolute Gasteiger partial charge is 0.395 e. The van der Waals surface area contributed by atoms with E-state index in [0.717, 1.165) is 48.4 Å². The van der Waals surface area contributed by atoms with E-state index in [9.17, 15) is 9.90 Å². The number of aliphatic hydroxyl groups is 1. The molecule has 1 fully saturated rings. The number of halogens is 1. The number of Topliss-reactive ketones (excluding diaryl/α,β-unsaturated/α-hetero) is 1. The minimum atomic E-state index is 0.0542. The third kappa shape index (κ3) is 3.97. The van der Waals surface area contributed by atoms with Crippen LogP contribution in [0.15, 0.2) is 48.5 Å². The number of hydrogen-bond acceptors (Lipinski definition) is 4. The summed E-state index contributed by atoms with van der Waals surface area (Å²) in [4.78, 5) is 19.8. The van der Waals surface area contributed by atoms with Crippen LogP contribution in [0.5, 0.6) is 0 Å². The average molecular weight is 398 g/mol. The van der Waals surface area contributed by atoms with Gasteiger partial charge in [0.2, 0.25) is 0 Å². The lowest BCUT2D eigenvalue weighted by molar-refractivity contribution is 0.0831. The Morgan fingerprint density at radius 2 is 1.89 bits per heavy atom. The Morgan fingerprint density at radius 1 is 1.14 bits per heavy atom. The van der Waals surface area contributed by atoms with Crippen LogP contribution >= 0.6 is 11.6 Å². The van der Waals surface area contributed by atoms with Crippen molar-refractivity contribution in [3.05, 3.63) is 64.9 Å². The van der Waals surface area contributed by atoms with Gasteiger partial charge in [0.15, 0.2) is 5.78 Å². The fraction of sp³-hybridized carbons (Fsp3) is 0.364. The van der Waals surface area contributed by atoms with E-state index < -0.39 is 0 Å². The molecule has 1 saturated heterocycles. The number of nitrogens with zero attached hydrogens (tertiary/aromatic N) is 3. The quantitative estimate of drug-likeness (QED) is 0.643. The zero-order chi connectivity index (χ0) is 19.5. The SMILES string of the molecule is O=C(c1ccccc1)C1CCN(Cc2nc3ccc(Cl)cc3n2CCO)CC1. The maximum absolute atomic E-state index is 12.7. The number of aliphatic hydroxyl groups excluding tert-OH is 1. The molecular weight excluding hydrogens is 374 g/mol. The summed E-state index contributed by atoms with van der Waals surface area (Å²) >= 11 is 6.14. The lowest BCUT2D eigenvalue weighted by atomic mass is 9.89. The average Bonchev–Trinajstić information content (AvgIpc) is 3.05. The molecule has 0 atom stereocenters. The molecule has 0 unspecified atom stereocenters. The third-order valence-corrected chi connectivity index (χ3v) is 5.73. The summed E-state index contributed by atoms with van der Waals surface area (Å²) < 4.78 is 2.04. The number of benzene rings is 2. The highest BCUT2D eigenvalue weighted by Gasteiger charge is 2.26. The molecule has 1 aliphatic rings. The normalized spacial score (nSPS) is 15.9. The Morgan fingerprint density at radius 3 is 2.61 bits per heavy atom. The van der Waals surface area contributed by atoms with Gasteiger partial charge in [0.25, 0.3) is 0 Å². The number of piperidine rings is 1. The molecule has 0 aliphatic carbocycles. The van der Waals surface area contributed by atoms with Gasteiger partial charge in [-0.1, -0.05) is 41.9 Å². The van der Waals surface area contributed by atoms with Gasteiger partial charge < -0.3 is 9.67 Å². The van der Waals surface area contributed by atoms with E-state index in [4.69, 9.17) is 16.6 Å². The third-order valence-electron chi connectivity index (χ3n) is 5.49. The number of ketones is 1. The van der Waals surface area contributed by atoms with E-state index in [1.54, 1.807) is 0 Å². The van der Waals surface area contributed by atoms with E-state index in [1.807, 2.05) is 53.1 Å². The number of hydrogen-bond donors (Lipinski definition) is 1. The van der Waals surface area contributed by atoms with Gasteiger partial charge in [-0.15, -0.1) is 0 Å². The molecular formula is C22H24ClN3O2. The van der Waals surface area contributed by atoms with Crippen molar-refractivity contribution in [2.24, 2.45) is 5.92 Å². The van der Waals surface area contributed by atoms with Crippen molar-refractivity contribution in [3.8, 4) is 0 Å². The predicted molar refractivity (Wildman–Crippen MR) is 111 cm³/mol. The van der Waals surface area contributed by atoms with E-state index in [-0.39, 0.29) is 18.3 Å². The number of carbonyl (C=O) groups is 1. The van der Waals surface area contributed by atoms with Gasteiger partial charge in [0.1, 0.15) is 5.82 Å². The molecule has 4 rings (SSSR count). The molecule has 0 amide bonds. The summed E-state index contributed by atoms with van der Waals surface area (Å²) in [5.41, 5.74) is 2.65. The van der Waals surface area contributed by atoms with Crippen LogP contribution in [-0.4, -0.2) is 45.0 Å². The molecule has 1 aromatic heterocycles. The van der Waals surface area contributed by atoms with Crippen molar-refractivity contribution in [1.29, 1.82) is 0 Å². The number of imidazole rings is 1. The zero-order valence-electron chi connectivity index (χ0n) is 15.7. The highest BCUT2D eigenvalue weighted by Crippen LogP contribution is 2.25. The van der Waals surface area contributed by atoms with Crippen molar-refractivity contribution >= 4 is 28.4 Å². The van der Waals surface area contributed by atoms with Gasteiger partial charge >= 0.3 is 0 Å². The Labute approximate surface area is 169 Å². The van der Waals surface area contributed by atoms with E-state index in [0.29, 0.717) is 18.1 Å². The number of rotatable bonds is 6. The van der Waals surface area contributed by atoms with Crippen molar-refractivity contribution < 1.29 is 9.90 Å². The summed E-state index contributed by atoms with van der Waals surface area (Å²) in [6.07, 6.45) is 1.72. The second-order valence-electron chi connectivity index (χ2n) is 7.32. The Balaban J connectivity index is 1.45. The second kappa shape index (κ2) is 8.43. The van der Waals surface area contributed by atoms with Crippen LogP contribution in [0, 0.1) is 5.92 Å². The van der Waals surface area contributed by atoms with Crippen molar-refractivity contribution in [2.75, 3.05) is 19.7 Å². The van der Waals surface area contributed by atoms with E-state index in [1.165, 1.54) is 0 Å². The van der Waals surface area contributed by atoms with Crippen LogP contribution < -0.4 is 0 Å². The first-order valence-corrected chi connectivity index (χ1v) is 10.1. The summed E-state index contributed by atoms with van der Waals surface area (Å²) in [5, 5.41) is 10.1. The van der Waals surface area contributed by atoms with Crippen LogP contribution in [-0.2, 0) is 13.1 Å². The highest BCUT2D eigenvalue weighted by molar-refractivity contribution is 6.31. The molecule has 28 heavy (non-hydrogen) atoms. The Bertz CT molecular complexity index is 963. The molecule has 5 nitrogen and oxygen atoms in total. The Kier molecular flexibility index (Phi) is 5.76. The van der Waals surface area contributed by atoms with Crippen molar-refractivity contribution in [1.82, 2.24) is 14.5 Å². The molecule has 1 N–H and O–H groups in total. The van der Waals surface area contributed by atoms with Crippen LogP contribution in [0.2, 0.25) is 5.02 Å². The molecule has 0 radical (unpaired) electrons. The monoisotopic (exact) mass is 397 g/mol. The standard InChI is InChI=1S/C22H24ClN3O2/c23-18-6-7-19-20(14-18)26(12-13-27)21(24-19)15-25-10-8-17(9-11-25)22(28)16-4-2-1-3-5-16/h1-7,14,17,27H,8-13,15H2. The maximum atomic E-state index is 12.7. The first kappa shape index (κ1) is 19.1. The molecule has 1 aliphatic heterocycles. The van der Waals surface area contributed by atoms with Crippen LogP contribution in [0.1, 0.15) is 29.0 Å². The summed E-state index contributed by atoms with van der Waals surface area (Å²) in [5.74, 6) is 1.27. The number of aromatic nitrogens is 2. The fourth-order valence-corrected chi connectivity index (χ4v) is 4.17. The molecule has 6 heteroatoms. The molecule has 146 valence electrons. The topological polar surface area (TPSA) is 58.4 Å². The van der Waals surface area contributed by atoms with Crippen molar-refractivity contribution in [2.45, 2.75) is 25.9 Å². The van der Waals surface area contributed by atoms with Crippen LogP contribution in [0.4, 0.5) is 0 Å². The van der Waals surface area contributed by atoms with Gasteiger partial charge in [0.05, 0.1) is 24.2 Å². The zero-order valence-corrected chi connectivity index (χ0v) is 16.5. The van der Waals surface area contributed by atoms with E-state index >= 15 is 0 Å². The number of carbonyl (C=O) groups excluding carboxylic acids is 1. The van der Waals surface area contributed by atoms with Gasteiger partial charge in [-0.05, 0) is 44.1 Å². The summed E-state index contributed by atoms with van der Waals surface area (Å²) in [6, 6.07) is 15.2. The van der Waals surface area contributed by atoms with Crippen LogP contribution in [0.3, 0.4) is 0 Å². The minimum Gasteiger partial charge on any atom is -0.395 e. The van der Waals surface area contributed by atoms with Gasteiger partial charge in [-0.3, -0.25) is 9.69 Å². The maximum Gasteiger partial charge on any atom is 0.166 e. The predicted octanol–water partition coefficient (Wildman–Crippen LogP) is 3.78. The van der Waals surface area contributed by atoms with Gasteiger partial charge in [0, 0.05) is 23.0 Å². The number of fused-ring (bicyclic) bond motifs is 1. The minimum absolute atomic E-state index is 0.0542. The highest BCUT2D eigenvalue weighted by atomic mass is 35.5. The first-order chi connectivity index (χ1) is 13.7. The second-order valence-corrected chi connectivity index (χ2v) is 7.75.